The number of pyridine rings is 1. The molecule has 3 heteroatoms. The summed E-state index contributed by atoms with van der Waals surface area (Å²) in [4.78, 5) is 7.17. The first-order valence-electron chi connectivity index (χ1n) is 7.74. The minimum absolute atomic E-state index is 0.801. The zero-order valence-electron chi connectivity index (χ0n) is 11.9. The summed E-state index contributed by atoms with van der Waals surface area (Å²) in [6.45, 7) is 5.86. The molecule has 2 unspecified atom stereocenters. The van der Waals surface area contributed by atoms with Crippen LogP contribution in [0.25, 0.3) is 0 Å². The van der Waals surface area contributed by atoms with E-state index in [1.807, 2.05) is 12.3 Å². The Balaban J connectivity index is 1.61. The number of rotatable bonds is 3. The van der Waals surface area contributed by atoms with E-state index in [2.05, 4.69) is 28.2 Å². The second kappa shape index (κ2) is 5.91. The Kier molecular flexibility index (Phi) is 4.02. The van der Waals surface area contributed by atoms with E-state index in [0.717, 1.165) is 24.3 Å². The fraction of sp³-hybridized carbons (Fsp3) is 0.688. The van der Waals surface area contributed by atoms with Crippen LogP contribution in [-0.2, 0) is 0 Å². The topological polar surface area (TPSA) is 28.2 Å². The van der Waals surface area contributed by atoms with Gasteiger partial charge in [-0.3, -0.25) is 0 Å². The largest absolute Gasteiger partial charge is 0.370 e. The molecule has 1 aromatic rings. The third-order valence-corrected chi connectivity index (χ3v) is 4.77. The van der Waals surface area contributed by atoms with E-state index in [1.165, 1.54) is 50.8 Å². The number of aryl methyl sites for hydroxylation is 1. The lowest BCUT2D eigenvalue weighted by atomic mass is 9.83. The van der Waals surface area contributed by atoms with Crippen molar-refractivity contribution in [1.29, 1.82) is 0 Å². The minimum atomic E-state index is 0.801. The molecule has 2 atom stereocenters. The zero-order valence-corrected chi connectivity index (χ0v) is 11.9. The van der Waals surface area contributed by atoms with E-state index < -0.39 is 0 Å². The molecule has 1 N–H and O–H groups in total. The van der Waals surface area contributed by atoms with Crippen LogP contribution in [0.4, 0.5) is 5.82 Å². The van der Waals surface area contributed by atoms with Crippen LogP contribution >= 0.6 is 0 Å². The summed E-state index contributed by atoms with van der Waals surface area (Å²) in [7, 11) is 0. The molecule has 0 saturated carbocycles. The monoisotopic (exact) mass is 259 g/mol. The van der Waals surface area contributed by atoms with E-state index in [1.54, 1.807) is 0 Å². The molecule has 0 aliphatic carbocycles. The number of aromatic nitrogens is 1. The maximum absolute atomic E-state index is 4.44. The fourth-order valence-corrected chi connectivity index (χ4v) is 3.71. The summed E-state index contributed by atoms with van der Waals surface area (Å²) in [5.41, 5.74) is 1.25. The van der Waals surface area contributed by atoms with Crippen LogP contribution in [0.2, 0.25) is 0 Å². The molecule has 1 aromatic heterocycles. The molecule has 3 nitrogen and oxygen atoms in total. The Morgan fingerprint density at radius 1 is 1.26 bits per heavy atom. The number of fused-ring (bicyclic) bond motifs is 1. The van der Waals surface area contributed by atoms with E-state index in [-0.39, 0.29) is 0 Å². The van der Waals surface area contributed by atoms with Crippen LogP contribution in [0.1, 0.15) is 37.7 Å². The standard InChI is InChI=1S/C16H25N3/c1-13-6-4-9-17-16(13)18-12-14-7-5-11-19-10-3-2-8-15(14)19/h4,6,9,14-15H,2-3,5,7-8,10-12H2,1H3,(H,17,18). The highest BCUT2D eigenvalue weighted by atomic mass is 15.2. The number of hydrogen-bond donors (Lipinski definition) is 1. The van der Waals surface area contributed by atoms with Crippen LogP contribution in [0.3, 0.4) is 0 Å². The third-order valence-electron chi connectivity index (χ3n) is 4.77. The van der Waals surface area contributed by atoms with Gasteiger partial charge in [-0.1, -0.05) is 12.5 Å². The highest BCUT2D eigenvalue weighted by Gasteiger charge is 2.32. The molecule has 2 aliphatic heterocycles. The average Bonchev–Trinajstić information content (AvgIpc) is 2.46. The number of hydrogen-bond acceptors (Lipinski definition) is 3. The van der Waals surface area contributed by atoms with Gasteiger partial charge in [0.25, 0.3) is 0 Å². The van der Waals surface area contributed by atoms with Gasteiger partial charge in [-0.15, -0.1) is 0 Å². The lowest BCUT2D eigenvalue weighted by molar-refractivity contribution is 0.0649. The predicted octanol–water partition coefficient (Wildman–Crippen LogP) is 3.07. The van der Waals surface area contributed by atoms with Crippen molar-refractivity contribution in [3.8, 4) is 0 Å². The Hall–Kier alpha value is -1.09. The molecule has 2 saturated heterocycles. The van der Waals surface area contributed by atoms with Crippen molar-refractivity contribution in [2.24, 2.45) is 5.92 Å². The molecular weight excluding hydrogens is 234 g/mol. The molecule has 0 aromatic carbocycles. The Morgan fingerprint density at radius 3 is 3.05 bits per heavy atom. The van der Waals surface area contributed by atoms with Crippen LogP contribution in [0.5, 0.6) is 0 Å². The smallest absolute Gasteiger partial charge is 0.128 e. The normalized spacial score (nSPS) is 27.8. The fourth-order valence-electron chi connectivity index (χ4n) is 3.71. The summed E-state index contributed by atoms with van der Waals surface area (Å²) in [5.74, 6) is 1.87. The lowest BCUT2D eigenvalue weighted by Crippen LogP contribution is -2.49. The van der Waals surface area contributed by atoms with Gasteiger partial charge in [-0.2, -0.15) is 0 Å². The van der Waals surface area contributed by atoms with Crippen LogP contribution in [0, 0.1) is 12.8 Å². The van der Waals surface area contributed by atoms with Crippen LogP contribution < -0.4 is 5.32 Å². The predicted molar refractivity (Wildman–Crippen MR) is 79.4 cm³/mol. The van der Waals surface area contributed by atoms with Gasteiger partial charge < -0.3 is 10.2 Å². The molecule has 3 heterocycles. The van der Waals surface area contributed by atoms with Gasteiger partial charge in [0, 0.05) is 18.8 Å². The summed E-state index contributed by atoms with van der Waals surface area (Å²) >= 11 is 0. The van der Waals surface area contributed by atoms with E-state index in [4.69, 9.17) is 0 Å². The van der Waals surface area contributed by atoms with Crippen molar-refractivity contribution in [3.63, 3.8) is 0 Å². The Bertz CT molecular complexity index is 416. The van der Waals surface area contributed by atoms with E-state index in [0.29, 0.717) is 0 Å². The summed E-state index contributed by atoms with van der Waals surface area (Å²) in [6, 6.07) is 4.95. The molecular formula is C16H25N3. The maximum Gasteiger partial charge on any atom is 0.128 e. The molecule has 19 heavy (non-hydrogen) atoms. The average molecular weight is 259 g/mol. The van der Waals surface area contributed by atoms with Crippen molar-refractivity contribution in [2.45, 2.75) is 45.1 Å². The SMILES string of the molecule is Cc1cccnc1NCC1CCCN2CCCCC12. The lowest BCUT2D eigenvalue weighted by Gasteiger charge is -2.44. The second-order valence-corrected chi connectivity index (χ2v) is 6.05. The Labute approximate surface area is 116 Å². The third kappa shape index (κ3) is 2.92. The highest BCUT2D eigenvalue weighted by Crippen LogP contribution is 2.31. The molecule has 0 bridgehead atoms. The number of nitrogens with zero attached hydrogens (tertiary/aromatic N) is 2. The van der Waals surface area contributed by atoms with Crippen molar-refractivity contribution < 1.29 is 0 Å². The summed E-state index contributed by atoms with van der Waals surface area (Å²) in [6.07, 6.45) is 8.83. The molecule has 2 fully saturated rings. The summed E-state index contributed by atoms with van der Waals surface area (Å²) in [5, 5.41) is 3.58. The molecule has 104 valence electrons. The van der Waals surface area contributed by atoms with Crippen molar-refractivity contribution in [2.75, 3.05) is 25.0 Å². The van der Waals surface area contributed by atoms with Gasteiger partial charge in [-0.25, -0.2) is 4.98 Å². The van der Waals surface area contributed by atoms with Crippen LogP contribution in [0.15, 0.2) is 18.3 Å². The van der Waals surface area contributed by atoms with Crippen molar-refractivity contribution >= 4 is 5.82 Å². The second-order valence-electron chi connectivity index (χ2n) is 6.05. The van der Waals surface area contributed by atoms with Gasteiger partial charge in [0.1, 0.15) is 5.82 Å². The van der Waals surface area contributed by atoms with Gasteiger partial charge in [0.2, 0.25) is 0 Å². The molecule has 0 amide bonds. The van der Waals surface area contributed by atoms with Crippen LogP contribution in [-0.4, -0.2) is 35.6 Å². The Morgan fingerprint density at radius 2 is 2.16 bits per heavy atom. The van der Waals surface area contributed by atoms with Gasteiger partial charge in [-0.05, 0) is 63.2 Å². The first-order valence-corrected chi connectivity index (χ1v) is 7.74. The first-order chi connectivity index (χ1) is 9.34. The number of anilines is 1. The van der Waals surface area contributed by atoms with Crippen molar-refractivity contribution in [1.82, 2.24) is 9.88 Å². The van der Waals surface area contributed by atoms with E-state index in [9.17, 15) is 0 Å². The van der Waals surface area contributed by atoms with Gasteiger partial charge >= 0.3 is 0 Å². The van der Waals surface area contributed by atoms with Gasteiger partial charge in [0.15, 0.2) is 0 Å². The molecule has 3 rings (SSSR count). The van der Waals surface area contributed by atoms with Crippen molar-refractivity contribution in [3.05, 3.63) is 23.9 Å². The number of piperidine rings is 2. The van der Waals surface area contributed by atoms with Gasteiger partial charge in [0.05, 0.1) is 0 Å². The molecule has 0 radical (unpaired) electrons. The summed E-state index contributed by atoms with van der Waals surface area (Å²) < 4.78 is 0. The minimum Gasteiger partial charge on any atom is -0.370 e. The highest BCUT2D eigenvalue weighted by molar-refractivity contribution is 5.42. The molecule has 0 spiro atoms. The quantitative estimate of drug-likeness (QED) is 0.904. The maximum atomic E-state index is 4.44. The number of nitrogens with one attached hydrogen (secondary N) is 1. The van der Waals surface area contributed by atoms with E-state index >= 15 is 0 Å². The first kappa shape index (κ1) is 12.9. The molecule has 2 aliphatic rings. The zero-order chi connectivity index (χ0) is 13.1.